The Bertz CT molecular complexity index is 530. The summed E-state index contributed by atoms with van der Waals surface area (Å²) in [5, 5.41) is 6.51. The summed E-state index contributed by atoms with van der Waals surface area (Å²) in [5.41, 5.74) is 7.56. The molecule has 1 heterocycles. The molecule has 0 spiro atoms. The van der Waals surface area contributed by atoms with Gasteiger partial charge in [-0.05, 0) is 18.6 Å². The van der Waals surface area contributed by atoms with Crippen molar-refractivity contribution in [2.45, 2.75) is 19.8 Å². The third-order valence-corrected chi connectivity index (χ3v) is 3.45. The number of rotatable bonds is 6. The highest BCUT2D eigenvalue weighted by Gasteiger charge is 2.22. The molecule has 0 unspecified atom stereocenters. The minimum atomic E-state index is -0.490. The third-order valence-electron chi connectivity index (χ3n) is 3.45. The van der Waals surface area contributed by atoms with Gasteiger partial charge < -0.3 is 21.3 Å². The van der Waals surface area contributed by atoms with Gasteiger partial charge in [0.25, 0.3) is 5.91 Å². The summed E-state index contributed by atoms with van der Waals surface area (Å²) in [6.45, 7) is 4.13. The van der Waals surface area contributed by atoms with Crippen molar-refractivity contribution >= 4 is 23.2 Å². The number of unbranched alkanes of at least 4 members (excludes halogenated alkanes) is 1. The first-order valence-electron chi connectivity index (χ1n) is 7.31. The normalized spacial score (nSPS) is 12.8. The lowest BCUT2D eigenvalue weighted by Crippen LogP contribution is -2.39. The summed E-state index contributed by atoms with van der Waals surface area (Å²) in [7, 11) is 0. The van der Waals surface area contributed by atoms with Gasteiger partial charge in [0.2, 0.25) is 5.91 Å². The molecule has 0 fully saturated rings. The molecule has 6 nitrogen and oxygen atoms in total. The van der Waals surface area contributed by atoms with Crippen LogP contribution in [0.5, 0.6) is 0 Å². The lowest BCUT2D eigenvalue weighted by Gasteiger charge is -2.26. The molecule has 0 bridgehead atoms. The summed E-state index contributed by atoms with van der Waals surface area (Å²) in [6, 6.07) is 5.55. The van der Waals surface area contributed by atoms with Crippen molar-refractivity contribution in [3.8, 4) is 0 Å². The van der Waals surface area contributed by atoms with Gasteiger partial charge in [-0.2, -0.15) is 0 Å². The molecule has 0 aliphatic carbocycles. The number of carbonyl (C=O) groups excluding carboxylic acids is 2. The van der Waals surface area contributed by atoms with E-state index in [1.54, 1.807) is 6.07 Å². The van der Waals surface area contributed by atoms with Crippen LogP contribution in [0.3, 0.4) is 0 Å². The highest BCUT2D eigenvalue weighted by Crippen LogP contribution is 2.29. The summed E-state index contributed by atoms with van der Waals surface area (Å²) < 4.78 is 0. The second-order valence-electron chi connectivity index (χ2n) is 5.13. The van der Waals surface area contributed by atoms with Crippen LogP contribution >= 0.6 is 0 Å². The van der Waals surface area contributed by atoms with E-state index in [0.29, 0.717) is 12.1 Å². The molecule has 1 aromatic carbocycles. The molecule has 0 atom stereocenters. The molecule has 114 valence electrons. The quantitative estimate of drug-likeness (QED) is 0.736. The van der Waals surface area contributed by atoms with Crippen molar-refractivity contribution in [1.29, 1.82) is 0 Å². The van der Waals surface area contributed by atoms with Crippen LogP contribution in [0.25, 0.3) is 0 Å². The van der Waals surface area contributed by atoms with Crippen molar-refractivity contribution in [3.05, 3.63) is 23.8 Å². The first-order valence-corrected chi connectivity index (χ1v) is 7.31. The minimum absolute atomic E-state index is 0.0457. The molecule has 21 heavy (non-hydrogen) atoms. The number of primary amides is 1. The number of benzene rings is 1. The minimum Gasteiger partial charge on any atom is -0.382 e. The molecule has 1 aromatic rings. The zero-order valence-electron chi connectivity index (χ0n) is 12.3. The predicted molar refractivity (Wildman–Crippen MR) is 83.4 cm³/mol. The number of hydrogen-bond acceptors (Lipinski definition) is 4. The van der Waals surface area contributed by atoms with Crippen LogP contribution < -0.4 is 16.4 Å². The lowest BCUT2D eigenvalue weighted by molar-refractivity contribution is -0.118. The molecule has 0 radical (unpaired) electrons. The summed E-state index contributed by atoms with van der Waals surface area (Å²) in [5.74, 6) is -0.648. The molecule has 1 aliphatic heterocycles. The average Bonchev–Trinajstić information content (AvgIpc) is 2.50. The maximum atomic E-state index is 12.7. The third kappa shape index (κ3) is 3.65. The van der Waals surface area contributed by atoms with E-state index in [9.17, 15) is 9.59 Å². The second-order valence-corrected chi connectivity index (χ2v) is 5.13. The Labute approximate surface area is 124 Å². The largest absolute Gasteiger partial charge is 0.382 e. The van der Waals surface area contributed by atoms with Gasteiger partial charge in [-0.3, -0.25) is 9.59 Å². The van der Waals surface area contributed by atoms with E-state index in [1.165, 1.54) is 4.90 Å². The van der Waals surface area contributed by atoms with E-state index < -0.39 is 5.91 Å². The predicted octanol–water partition coefficient (Wildman–Crippen LogP) is 1.25. The van der Waals surface area contributed by atoms with E-state index in [4.69, 9.17) is 5.73 Å². The fourth-order valence-electron chi connectivity index (χ4n) is 2.41. The second kappa shape index (κ2) is 6.97. The standard InChI is InChI=1S/C15H22N4O2/c1-2-3-9-19(10-13(16)20)15(21)11-5-4-6-12-14(11)18-8-7-17-12/h4-6,17-18H,2-3,7-10H2,1H3,(H2,16,20). The molecule has 0 saturated heterocycles. The monoisotopic (exact) mass is 290 g/mol. The Morgan fingerprint density at radius 1 is 1.29 bits per heavy atom. The molecule has 2 amide bonds. The van der Waals surface area contributed by atoms with Gasteiger partial charge in [0.15, 0.2) is 0 Å². The van der Waals surface area contributed by atoms with Crippen LogP contribution in [0.2, 0.25) is 0 Å². The average molecular weight is 290 g/mol. The molecule has 0 aromatic heterocycles. The Balaban J connectivity index is 2.25. The van der Waals surface area contributed by atoms with Gasteiger partial charge in [0, 0.05) is 19.6 Å². The van der Waals surface area contributed by atoms with Gasteiger partial charge in [0.1, 0.15) is 0 Å². The molecule has 2 rings (SSSR count). The van der Waals surface area contributed by atoms with Crippen molar-refractivity contribution in [2.24, 2.45) is 5.73 Å². The number of para-hydroxylation sites is 1. The van der Waals surface area contributed by atoms with E-state index in [0.717, 1.165) is 37.3 Å². The Kier molecular flexibility index (Phi) is 5.03. The fraction of sp³-hybridized carbons (Fsp3) is 0.467. The molecule has 0 saturated carbocycles. The van der Waals surface area contributed by atoms with Gasteiger partial charge in [-0.25, -0.2) is 0 Å². The van der Waals surface area contributed by atoms with E-state index >= 15 is 0 Å². The first-order chi connectivity index (χ1) is 10.1. The maximum absolute atomic E-state index is 12.7. The zero-order chi connectivity index (χ0) is 15.2. The van der Waals surface area contributed by atoms with Gasteiger partial charge in [-0.15, -0.1) is 0 Å². The maximum Gasteiger partial charge on any atom is 0.256 e. The molecular formula is C15H22N4O2. The van der Waals surface area contributed by atoms with Gasteiger partial charge >= 0.3 is 0 Å². The number of hydrogen-bond donors (Lipinski definition) is 3. The lowest BCUT2D eigenvalue weighted by atomic mass is 10.1. The van der Waals surface area contributed by atoms with Crippen LogP contribution in [-0.4, -0.2) is 42.9 Å². The molecule has 6 heteroatoms. The summed E-state index contributed by atoms with van der Waals surface area (Å²) in [6.07, 6.45) is 1.80. The fourth-order valence-corrected chi connectivity index (χ4v) is 2.41. The van der Waals surface area contributed by atoms with Crippen molar-refractivity contribution in [3.63, 3.8) is 0 Å². The number of nitrogens with zero attached hydrogens (tertiary/aromatic N) is 1. The van der Waals surface area contributed by atoms with Crippen LogP contribution in [0.1, 0.15) is 30.1 Å². The summed E-state index contributed by atoms with van der Waals surface area (Å²) >= 11 is 0. The Hall–Kier alpha value is -2.24. The topological polar surface area (TPSA) is 87.5 Å². The summed E-state index contributed by atoms with van der Waals surface area (Å²) in [4.78, 5) is 25.4. The first kappa shape index (κ1) is 15.2. The van der Waals surface area contributed by atoms with E-state index in [1.807, 2.05) is 19.1 Å². The van der Waals surface area contributed by atoms with Crippen LogP contribution in [-0.2, 0) is 4.79 Å². The van der Waals surface area contributed by atoms with Crippen molar-refractivity contribution < 1.29 is 9.59 Å². The zero-order valence-corrected chi connectivity index (χ0v) is 12.3. The number of carbonyl (C=O) groups is 2. The van der Waals surface area contributed by atoms with Crippen molar-refractivity contribution in [1.82, 2.24) is 4.90 Å². The van der Waals surface area contributed by atoms with E-state index in [2.05, 4.69) is 10.6 Å². The number of amides is 2. The Morgan fingerprint density at radius 2 is 2.05 bits per heavy atom. The van der Waals surface area contributed by atoms with Crippen LogP contribution in [0.4, 0.5) is 11.4 Å². The molecule has 1 aliphatic rings. The SMILES string of the molecule is CCCCN(CC(N)=O)C(=O)c1cccc2c1NCCN2. The number of nitrogens with one attached hydrogen (secondary N) is 2. The van der Waals surface area contributed by atoms with Gasteiger partial charge in [0.05, 0.1) is 23.5 Å². The number of nitrogens with two attached hydrogens (primary N) is 1. The number of fused-ring (bicyclic) bond motifs is 1. The Morgan fingerprint density at radius 3 is 2.76 bits per heavy atom. The van der Waals surface area contributed by atoms with Crippen LogP contribution in [0.15, 0.2) is 18.2 Å². The highest BCUT2D eigenvalue weighted by molar-refractivity contribution is 6.03. The molecular weight excluding hydrogens is 268 g/mol. The van der Waals surface area contributed by atoms with Crippen LogP contribution in [0, 0.1) is 0 Å². The van der Waals surface area contributed by atoms with Gasteiger partial charge in [-0.1, -0.05) is 19.4 Å². The smallest absolute Gasteiger partial charge is 0.256 e. The molecule has 4 N–H and O–H groups in total. The number of anilines is 2. The van der Waals surface area contributed by atoms with Crippen molar-refractivity contribution in [2.75, 3.05) is 36.8 Å². The van der Waals surface area contributed by atoms with E-state index in [-0.39, 0.29) is 12.5 Å². The highest BCUT2D eigenvalue weighted by atomic mass is 16.2.